The molecule has 0 fully saturated rings. The van der Waals surface area contributed by atoms with Gasteiger partial charge in [-0.05, 0) is 75.5 Å². The number of aromatic carboxylic acids is 1. The monoisotopic (exact) mass is 547 g/mol. The third-order valence-electron chi connectivity index (χ3n) is 6.97. The molecule has 0 saturated heterocycles. The Labute approximate surface area is 233 Å². The van der Waals surface area contributed by atoms with Crippen LogP contribution in [-0.4, -0.2) is 26.8 Å². The maximum absolute atomic E-state index is 14.1. The van der Waals surface area contributed by atoms with Gasteiger partial charge in [-0.25, -0.2) is 13.6 Å². The summed E-state index contributed by atoms with van der Waals surface area (Å²) in [6.07, 6.45) is 1.64. The average Bonchev–Trinajstić information content (AvgIpc) is 3.37. The molecule has 2 N–H and O–H groups in total. The van der Waals surface area contributed by atoms with E-state index < -0.39 is 23.5 Å². The molecular formula is C33H23F2N3O3. The smallest absolute Gasteiger partial charge is 0.335 e. The van der Waals surface area contributed by atoms with Crippen molar-refractivity contribution in [2.24, 2.45) is 0 Å². The molecule has 1 aromatic heterocycles. The molecule has 202 valence electrons. The molecule has 1 heterocycles. The number of hydrogen-bond donors (Lipinski definition) is 2. The van der Waals surface area contributed by atoms with Gasteiger partial charge < -0.3 is 10.4 Å². The summed E-state index contributed by atoms with van der Waals surface area (Å²) < 4.78 is 29.9. The maximum atomic E-state index is 14.1. The quantitative estimate of drug-likeness (QED) is 0.230. The summed E-state index contributed by atoms with van der Waals surface area (Å²) in [5.74, 6) is -2.88. The van der Waals surface area contributed by atoms with E-state index in [0.717, 1.165) is 22.4 Å². The average molecular weight is 548 g/mol. The second-order valence-corrected chi connectivity index (χ2v) is 9.79. The molecule has 0 aliphatic heterocycles. The van der Waals surface area contributed by atoms with Crippen LogP contribution in [0.2, 0.25) is 0 Å². The van der Waals surface area contributed by atoms with Gasteiger partial charge in [0.2, 0.25) is 0 Å². The second-order valence-electron chi connectivity index (χ2n) is 9.79. The summed E-state index contributed by atoms with van der Waals surface area (Å²) in [5, 5.41) is 19.4. The Balaban J connectivity index is 1.39. The number of hydrogen-bond acceptors (Lipinski definition) is 3. The molecule has 8 heteroatoms. The van der Waals surface area contributed by atoms with E-state index >= 15 is 0 Å². The van der Waals surface area contributed by atoms with Crippen LogP contribution >= 0.6 is 0 Å². The number of carbonyl (C=O) groups is 2. The third kappa shape index (κ3) is 5.40. The van der Waals surface area contributed by atoms with Gasteiger partial charge in [0.1, 0.15) is 11.6 Å². The number of rotatable bonds is 7. The number of nitrogens with zero attached hydrogens (tertiary/aromatic N) is 2. The molecule has 41 heavy (non-hydrogen) atoms. The zero-order chi connectivity index (χ0) is 28.5. The summed E-state index contributed by atoms with van der Waals surface area (Å²) in [7, 11) is 0. The van der Waals surface area contributed by atoms with Crippen LogP contribution < -0.4 is 5.32 Å². The molecule has 0 aliphatic rings. The molecule has 0 saturated carbocycles. The van der Waals surface area contributed by atoms with Crippen LogP contribution in [0.25, 0.3) is 32.8 Å². The molecule has 6 nitrogen and oxygen atoms in total. The standard InChI is InChI=1S/C33H23F2N3O3/c34-28-13-26(14-29(35)16-28)25-12-27-18-37-38(19-21-7-8-22-3-1-2-4-24(22)11-21)31(27)30(15-25)32(39)36-17-20-5-9-23(10-6-20)33(40)41/h1-16,18H,17,19H2,(H,36,39)(H,40,41). The fourth-order valence-electron chi connectivity index (χ4n) is 4.97. The molecule has 0 spiro atoms. The van der Waals surface area contributed by atoms with Crippen LogP contribution in [0.15, 0.2) is 103 Å². The lowest BCUT2D eigenvalue weighted by Gasteiger charge is -2.13. The first-order valence-corrected chi connectivity index (χ1v) is 12.9. The van der Waals surface area contributed by atoms with E-state index in [0.29, 0.717) is 39.7 Å². The molecule has 0 bridgehead atoms. The van der Waals surface area contributed by atoms with E-state index in [4.69, 9.17) is 5.11 Å². The fourth-order valence-corrected chi connectivity index (χ4v) is 4.97. The van der Waals surface area contributed by atoms with Gasteiger partial charge in [-0.15, -0.1) is 0 Å². The minimum Gasteiger partial charge on any atom is -0.478 e. The van der Waals surface area contributed by atoms with E-state index in [1.165, 1.54) is 24.3 Å². The lowest BCUT2D eigenvalue weighted by Crippen LogP contribution is -2.24. The van der Waals surface area contributed by atoms with E-state index in [9.17, 15) is 18.4 Å². The number of carbonyl (C=O) groups excluding carboxylic acids is 1. The topological polar surface area (TPSA) is 84.2 Å². The predicted octanol–water partition coefficient (Wildman–Crippen LogP) is 6.81. The van der Waals surface area contributed by atoms with E-state index in [-0.39, 0.29) is 12.1 Å². The highest BCUT2D eigenvalue weighted by Gasteiger charge is 2.18. The molecule has 0 atom stereocenters. The van der Waals surface area contributed by atoms with Crippen molar-refractivity contribution in [2.75, 3.05) is 0 Å². The Kier molecular flexibility index (Phi) is 6.73. The van der Waals surface area contributed by atoms with E-state index in [1.807, 2.05) is 36.4 Å². The van der Waals surface area contributed by atoms with Crippen molar-refractivity contribution < 1.29 is 23.5 Å². The summed E-state index contributed by atoms with van der Waals surface area (Å²) in [4.78, 5) is 24.8. The number of benzene rings is 5. The number of carboxylic acids is 1. The maximum Gasteiger partial charge on any atom is 0.335 e. The van der Waals surface area contributed by atoms with Crippen molar-refractivity contribution in [1.82, 2.24) is 15.1 Å². The Morgan fingerprint density at radius 2 is 1.44 bits per heavy atom. The van der Waals surface area contributed by atoms with Crippen molar-refractivity contribution in [1.29, 1.82) is 0 Å². The number of aromatic nitrogens is 2. The number of carboxylic acid groups (broad SMARTS) is 1. The highest BCUT2D eigenvalue weighted by Crippen LogP contribution is 2.30. The van der Waals surface area contributed by atoms with E-state index in [1.54, 1.807) is 35.1 Å². The summed E-state index contributed by atoms with van der Waals surface area (Å²) in [6.45, 7) is 0.553. The predicted molar refractivity (Wildman–Crippen MR) is 153 cm³/mol. The Hall–Kier alpha value is -5.37. The van der Waals surface area contributed by atoms with Gasteiger partial charge in [0, 0.05) is 18.0 Å². The number of fused-ring (bicyclic) bond motifs is 2. The second kappa shape index (κ2) is 10.7. The van der Waals surface area contributed by atoms with Gasteiger partial charge in [-0.3, -0.25) is 9.48 Å². The summed E-state index contributed by atoms with van der Waals surface area (Å²) >= 11 is 0. The number of amides is 1. The first-order chi connectivity index (χ1) is 19.8. The molecule has 6 rings (SSSR count). The van der Waals surface area contributed by atoms with Crippen molar-refractivity contribution in [3.8, 4) is 11.1 Å². The molecule has 5 aromatic carbocycles. The largest absolute Gasteiger partial charge is 0.478 e. The Morgan fingerprint density at radius 3 is 2.17 bits per heavy atom. The lowest BCUT2D eigenvalue weighted by atomic mass is 9.99. The van der Waals surface area contributed by atoms with Crippen LogP contribution in [-0.2, 0) is 13.1 Å². The lowest BCUT2D eigenvalue weighted by molar-refractivity contribution is 0.0696. The first kappa shape index (κ1) is 25.9. The van der Waals surface area contributed by atoms with Crippen LogP contribution in [0.1, 0.15) is 31.8 Å². The van der Waals surface area contributed by atoms with Gasteiger partial charge in [0.15, 0.2) is 0 Å². The van der Waals surface area contributed by atoms with Crippen molar-refractivity contribution in [3.05, 3.63) is 137 Å². The van der Waals surface area contributed by atoms with E-state index in [2.05, 4.69) is 16.5 Å². The highest BCUT2D eigenvalue weighted by atomic mass is 19.1. The Morgan fingerprint density at radius 1 is 0.756 bits per heavy atom. The van der Waals surface area contributed by atoms with Crippen LogP contribution in [0.3, 0.4) is 0 Å². The molecule has 0 unspecified atom stereocenters. The van der Waals surface area contributed by atoms with Crippen LogP contribution in [0.4, 0.5) is 8.78 Å². The number of nitrogens with one attached hydrogen (secondary N) is 1. The van der Waals surface area contributed by atoms with Crippen LogP contribution in [0.5, 0.6) is 0 Å². The Bertz CT molecular complexity index is 1930. The highest BCUT2D eigenvalue weighted by molar-refractivity contribution is 6.07. The molecule has 0 aliphatic carbocycles. The minimum atomic E-state index is -1.03. The van der Waals surface area contributed by atoms with Gasteiger partial charge in [-0.1, -0.05) is 48.5 Å². The van der Waals surface area contributed by atoms with Gasteiger partial charge >= 0.3 is 5.97 Å². The third-order valence-corrected chi connectivity index (χ3v) is 6.97. The van der Waals surface area contributed by atoms with Crippen molar-refractivity contribution in [3.63, 3.8) is 0 Å². The minimum absolute atomic E-state index is 0.148. The van der Waals surface area contributed by atoms with Crippen molar-refractivity contribution in [2.45, 2.75) is 13.1 Å². The molecule has 6 aromatic rings. The van der Waals surface area contributed by atoms with Gasteiger partial charge in [0.25, 0.3) is 5.91 Å². The normalized spacial score (nSPS) is 11.2. The SMILES string of the molecule is O=C(O)c1ccc(CNC(=O)c2cc(-c3cc(F)cc(F)c3)cc3cnn(Cc4ccc5ccccc5c4)c23)cc1. The first-order valence-electron chi connectivity index (χ1n) is 12.9. The van der Waals surface area contributed by atoms with Gasteiger partial charge in [0.05, 0.1) is 29.4 Å². The number of halogens is 2. The fraction of sp³-hybridized carbons (Fsp3) is 0.0606. The molecular weight excluding hydrogens is 524 g/mol. The molecule has 0 radical (unpaired) electrons. The van der Waals surface area contributed by atoms with Crippen molar-refractivity contribution >= 4 is 33.6 Å². The zero-order valence-electron chi connectivity index (χ0n) is 21.6. The summed E-state index contributed by atoms with van der Waals surface area (Å²) in [5.41, 5.74) is 3.50. The summed E-state index contributed by atoms with van der Waals surface area (Å²) in [6, 6.07) is 27.0. The molecule has 1 amide bonds. The zero-order valence-corrected chi connectivity index (χ0v) is 21.6. The van der Waals surface area contributed by atoms with Crippen LogP contribution in [0, 0.1) is 11.6 Å². The van der Waals surface area contributed by atoms with Gasteiger partial charge in [-0.2, -0.15) is 5.10 Å².